The molecule has 3 aromatic heterocycles. The highest BCUT2D eigenvalue weighted by atomic mass is 32.2. The van der Waals surface area contributed by atoms with Gasteiger partial charge < -0.3 is 9.15 Å². The zero-order valence-electron chi connectivity index (χ0n) is 15.2. The quantitative estimate of drug-likeness (QED) is 0.210. The number of fused-ring (bicyclic) bond motifs is 2. The van der Waals surface area contributed by atoms with Crippen LogP contribution in [0.5, 0.6) is 0 Å². The number of aryl methyl sites for hydroxylation is 2. The van der Waals surface area contributed by atoms with Gasteiger partial charge in [0.2, 0.25) is 0 Å². The van der Waals surface area contributed by atoms with E-state index in [1.807, 2.05) is 37.4 Å². The Hall–Kier alpha value is -2.71. The van der Waals surface area contributed by atoms with Crippen LogP contribution in [0.3, 0.4) is 0 Å². The molecule has 4 aromatic rings. The summed E-state index contributed by atoms with van der Waals surface area (Å²) in [6, 6.07) is 7.08. The van der Waals surface area contributed by atoms with Crippen molar-refractivity contribution in [2.24, 2.45) is 0 Å². The number of benzene rings is 1. The molecule has 0 atom stereocenters. The molecule has 0 N–H and O–H groups in total. The molecular formula is C20H16N2O4S2. The minimum Gasteiger partial charge on any atom is -0.460 e. The van der Waals surface area contributed by atoms with Gasteiger partial charge in [-0.1, -0.05) is 11.8 Å². The summed E-state index contributed by atoms with van der Waals surface area (Å²) in [5.74, 6) is -0.253. The minimum atomic E-state index is -0.461. The van der Waals surface area contributed by atoms with Gasteiger partial charge in [-0.15, -0.1) is 11.3 Å². The van der Waals surface area contributed by atoms with Crippen LogP contribution in [0.2, 0.25) is 0 Å². The van der Waals surface area contributed by atoms with E-state index in [2.05, 4.69) is 9.97 Å². The van der Waals surface area contributed by atoms with E-state index >= 15 is 0 Å². The van der Waals surface area contributed by atoms with Crippen molar-refractivity contribution in [3.8, 4) is 0 Å². The van der Waals surface area contributed by atoms with Crippen LogP contribution in [0.1, 0.15) is 16.7 Å². The zero-order chi connectivity index (χ0) is 19.7. The van der Waals surface area contributed by atoms with Crippen LogP contribution in [-0.2, 0) is 16.1 Å². The van der Waals surface area contributed by atoms with Crippen molar-refractivity contribution < 1.29 is 13.9 Å². The molecule has 0 saturated carbocycles. The van der Waals surface area contributed by atoms with E-state index in [0.29, 0.717) is 11.1 Å². The maximum absolute atomic E-state index is 12.2. The molecule has 0 bridgehead atoms. The number of aromatic nitrogens is 2. The Morgan fingerprint density at radius 2 is 2.00 bits per heavy atom. The molecule has 6 nitrogen and oxygen atoms in total. The minimum absolute atomic E-state index is 0.0155. The lowest BCUT2D eigenvalue weighted by atomic mass is 10.0. The van der Waals surface area contributed by atoms with Gasteiger partial charge in [-0.25, -0.2) is 14.8 Å². The average molecular weight is 412 g/mol. The number of carbonyl (C=O) groups is 1. The first-order valence-electron chi connectivity index (χ1n) is 8.52. The van der Waals surface area contributed by atoms with Crippen LogP contribution in [0.25, 0.3) is 21.2 Å². The predicted octanol–water partition coefficient (Wildman–Crippen LogP) is 4.25. The summed E-state index contributed by atoms with van der Waals surface area (Å²) < 4.78 is 10.7. The summed E-state index contributed by atoms with van der Waals surface area (Å²) in [5, 5.41) is 4.40. The van der Waals surface area contributed by atoms with Gasteiger partial charge in [-0.3, -0.25) is 4.79 Å². The highest BCUT2D eigenvalue weighted by molar-refractivity contribution is 8.00. The fourth-order valence-corrected chi connectivity index (χ4v) is 4.39. The maximum Gasteiger partial charge on any atom is 0.336 e. The standard InChI is InChI=1S/C20H16N2O4S2/c1-11-5-15-13(7-17(23)26-16(15)6-12(11)2)8-25-18(24)9-28-20-14-3-4-27-19(14)21-10-22-20/h3-7,10H,8-9H2,1-2H3. The number of hydrogen-bond acceptors (Lipinski definition) is 8. The van der Waals surface area contributed by atoms with E-state index in [0.717, 1.165) is 31.8 Å². The lowest BCUT2D eigenvalue weighted by Gasteiger charge is -2.09. The number of esters is 1. The molecular weight excluding hydrogens is 396 g/mol. The van der Waals surface area contributed by atoms with Gasteiger partial charge in [-0.05, 0) is 48.6 Å². The van der Waals surface area contributed by atoms with Gasteiger partial charge in [-0.2, -0.15) is 0 Å². The Kier molecular flexibility index (Phi) is 5.15. The number of nitrogens with zero attached hydrogens (tertiary/aromatic N) is 2. The summed E-state index contributed by atoms with van der Waals surface area (Å²) in [4.78, 5) is 33.4. The van der Waals surface area contributed by atoms with Crippen LogP contribution in [0, 0.1) is 13.8 Å². The van der Waals surface area contributed by atoms with Crippen molar-refractivity contribution in [3.05, 3.63) is 63.1 Å². The van der Waals surface area contributed by atoms with Crippen molar-refractivity contribution in [2.75, 3.05) is 5.75 Å². The second-order valence-corrected chi connectivity index (χ2v) is 8.15. The van der Waals surface area contributed by atoms with Crippen molar-refractivity contribution in [3.63, 3.8) is 0 Å². The second-order valence-electron chi connectivity index (χ2n) is 6.29. The molecule has 8 heteroatoms. The Labute approximate surface area is 168 Å². The van der Waals surface area contributed by atoms with E-state index in [9.17, 15) is 9.59 Å². The second kappa shape index (κ2) is 7.73. The average Bonchev–Trinajstić information content (AvgIpc) is 3.15. The molecule has 28 heavy (non-hydrogen) atoms. The van der Waals surface area contributed by atoms with Gasteiger partial charge in [0.15, 0.2) is 0 Å². The fraction of sp³-hybridized carbons (Fsp3) is 0.200. The molecule has 0 aliphatic carbocycles. The summed E-state index contributed by atoms with van der Waals surface area (Å²) in [6.07, 6.45) is 1.49. The van der Waals surface area contributed by atoms with Gasteiger partial charge in [0.25, 0.3) is 0 Å². The highest BCUT2D eigenvalue weighted by Crippen LogP contribution is 2.28. The molecule has 0 saturated heterocycles. The molecule has 4 rings (SSSR count). The molecule has 0 radical (unpaired) electrons. The predicted molar refractivity (Wildman–Crippen MR) is 110 cm³/mol. The lowest BCUT2D eigenvalue weighted by Crippen LogP contribution is -2.09. The fourth-order valence-electron chi connectivity index (χ4n) is 2.81. The van der Waals surface area contributed by atoms with E-state index in [4.69, 9.17) is 9.15 Å². The van der Waals surface area contributed by atoms with Gasteiger partial charge in [0, 0.05) is 22.4 Å². The van der Waals surface area contributed by atoms with Crippen LogP contribution in [0.15, 0.2) is 50.2 Å². The van der Waals surface area contributed by atoms with E-state index < -0.39 is 5.63 Å². The summed E-state index contributed by atoms with van der Waals surface area (Å²) in [6.45, 7) is 3.96. The smallest absolute Gasteiger partial charge is 0.336 e. The van der Waals surface area contributed by atoms with Crippen LogP contribution in [-0.4, -0.2) is 21.7 Å². The number of thioether (sulfide) groups is 1. The van der Waals surface area contributed by atoms with Gasteiger partial charge in [0.05, 0.1) is 5.75 Å². The Morgan fingerprint density at radius 1 is 1.18 bits per heavy atom. The molecule has 0 unspecified atom stereocenters. The first kappa shape index (κ1) is 18.6. The molecule has 0 aliphatic heterocycles. The summed E-state index contributed by atoms with van der Waals surface area (Å²) >= 11 is 2.84. The number of ether oxygens (including phenoxy) is 1. The first-order valence-corrected chi connectivity index (χ1v) is 10.4. The van der Waals surface area contributed by atoms with E-state index in [1.54, 1.807) is 0 Å². The molecule has 0 spiro atoms. The van der Waals surface area contributed by atoms with E-state index in [1.165, 1.54) is 35.5 Å². The number of hydrogen-bond donors (Lipinski definition) is 0. The third-order valence-electron chi connectivity index (χ3n) is 4.39. The van der Waals surface area contributed by atoms with E-state index in [-0.39, 0.29) is 18.3 Å². The zero-order valence-corrected chi connectivity index (χ0v) is 16.9. The van der Waals surface area contributed by atoms with Crippen molar-refractivity contribution in [1.82, 2.24) is 9.97 Å². The molecule has 3 heterocycles. The number of rotatable bonds is 5. The number of carbonyl (C=O) groups excluding carboxylic acids is 1. The molecule has 1 aromatic carbocycles. The van der Waals surface area contributed by atoms with Crippen molar-refractivity contribution >= 4 is 50.3 Å². The molecule has 0 aliphatic rings. The number of thiophene rings is 1. The molecule has 0 fully saturated rings. The third kappa shape index (κ3) is 3.79. The van der Waals surface area contributed by atoms with Crippen molar-refractivity contribution in [1.29, 1.82) is 0 Å². The van der Waals surface area contributed by atoms with Crippen LogP contribution < -0.4 is 5.63 Å². The monoisotopic (exact) mass is 412 g/mol. The van der Waals surface area contributed by atoms with Crippen LogP contribution >= 0.6 is 23.1 Å². The third-order valence-corrected chi connectivity index (χ3v) is 6.18. The lowest BCUT2D eigenvalue weighted by molar-refractivity contribution is -0.141. The SMILES string of the molecule is Cc1cc2oc(=O)cc(COC(=O)CSc3ncnc4sccc34)c2cc1C. The molecule has 0 amide bonds. The summed E-state index contributed by atoms with van der Waals surface area (Å²) in [5.41, 5.74) is 2.78. The Bertz CT molecular complexity index is 1250. The normalized spacial score (nSPS) is 11.2. The first-order chi connectivity index (χ1) is 13.5. The Morgan fingerprint density at radius 3 is 2.86 bits per heavy atom. The summed E-state index contributed by atoms with van der Waals surface area (Å²) in [7, 11) is 0. The van der Waals surface area contributed by atoms with Crippen molar-refractivity contribution in [2.45, 2.75) is 25.5 Å². The Balaban J connectivity index is 1.47. The maximum atomic E-state index is 12.2. The topological polar surface area (TPSA) is 82.3 Å². The largest absolute Gasteiger partial charge is 0.460 e. The highest BCUT2D eigenvalue weighted by Gasteiger charge is 2.12. The molecule has 142 valence electrons. The van der Waals surface area contributed by atoms with Crippen LogP contribution in [0.4, 0.5) is 0 Å². The van der Waals surface area contributed by atoms with Gasteiger partial charge >= 0.3 is 11.6 Å². The van der Waals surface area contributed by atoms with Gasteiger partial charge in [0.1, 0.15) is 28.4 Å².